The highest BCUT2D eigenvalue weighted by atomic mass is 127. The Balaban J connectivity index is 2.74. The second-order valence-corrected chi connectivity index (χ2v) is 4.82. The highest BCUT2D eigenvalue weighted by molar-refractivity contribution is 14.1. The van der Waals surface area contributed by atoms with Gasteiger partial charge in [0.15, 0.2) is 6.29 Å². The number of halogens is 1. The zero-order valence-electron chi connectivity index (χ0n) is 9.18. The molecule has 0 amide bonds. The van der Waals surface area contributed by atoms with Gasteiger partial charge in [-0.15, -0.1) is 0 Å². The first-order valence-electron chi connectivity index (χ1n) is 5.07. The summed E-state index contributed by atoms with van der Waals surface area (Å²) in [5.74, 6) is 0. The molecule has 0 saturated carbocycles. The maximum Gasteiger partial charge on any atom is 0.266 e. The van der Waals surface area contributed by atoms with Crippen LogP contribution in [0.25, 0.3) is 5.69 Å². The first kappa shape index (κ1) is 12.0. The van der Waals surface area contributed by atoms with E-state index in [4.69, 9.17) is 0 Å². The van der Waals surface area contributed by atoms with E-state index in [0.29, 0.717) is 9.86 Å². The monoisotopic (exact) mass is 339 g/mol. The fourth-order valence-electron chi connectivity index (χ4n) is 1.66. The number of para-hydroxylation sites is 1. The van der Waals surface area contributed by atoms with Crippen molar-refractivity contribution in [2.45, 2.75) is 6.92 Å². The van der Waals surface area contributed by atoms with Gasteiger partial charge in [-0.25, -0.2) is 0 Å². The predicted octanol–water partition coefficient (Wildman–Crippen LogP) is 2.56. The van der Waals surface area contributed by atoms with E-state index >= 15 is 0 Å². The number of pyridine rings is 1. The molecule has 2 aromatic rings. The second kappa shape index (κ2) is 4.83. The minimum Gasteiger partial charge on any atom is -0.298 e. The van der Waals surface area contributed by atoms with Crippen LogP contribution in [0, 0.1) is 10.5 Å². The first-order valence-corrected chi connectivity index (χ1v) is 6.15. The van der Waals surface area contributed by atoms with Gasteiger partial charge >= 0.3 is 0 Å². The van der Waals surface area contributed by atoms with Crippen LogP contribution < -0.4 is 5.56 Å². The lowest BCUT2D eigenvalue weighted by molar-refractivity contribution is 0.112. The molecular weight excluding hydrogens is 329 g/mol. The van der Waals surface area contributed by atoms with E-state index in [2.05, 4.69) is 0 Å². The number of rotatable bonds is 2. The molecule has 0 radical (unpaired) electrons. The fraction of sp³-hybridized carbons (Fsp3) is 0.0769. The summed E-state index contributed by atoms with van der Waals surface area (Å²) in [5, 5.41) is 0. The molecule has 1 aromatic carbocycles. The minimum atomic E-state index is -0.277. The van der Waals surface area contributed by atoms with Crippen LogP contribution in [0.3, 0.4) is 0 Å². The van der Waals surface area contributed by atoms with Gasteiger partial charge in [0, 0.05) is 9.77 Å². The largest absolute Gasteiger partial charge is 0.298 e. The van der Waals surface area contributed by atoms with Gasteiger partial charge < -0.3 is 0 Å². The number of carbonyl (C=O) groups excluding carboxylic acids is 1. The standard InChI is InChI=1S/C13H10INO2/c1-9-4-2-3-5-12(9)15-7-6-11(14)10(8-16)13(15)17/h2-8H,1H3. The van der Waals surface area contributed by atoms with Gasteiger partial charge in [-0.3, -0.25) is 14.2 Å². The molecule has 1 heterocycles. The van der Waals surface area contributed by atoms with Crippen LogP contribution in [0.4, 0.5) is 0 Å². The lowest BCUT2D eigenvalue weighted by atomic mass is 10.2. The lowest BCUT2D eigenvalue weighted by Gasteiger charge is -2.09. The Kier molecular flexibility index (Phi) is 3.42. The minimum absolute atomic E-state index is 0.205. The number of carbonyl (C=O) groups is 1. The molecule has 1 aromatic heterocycles. The fourth-order valence-corrected chi connectivity index (χ4v) is 2.18. The van der Waals surface area contributed by atoms with E-state index in [1.165, 1.54) is 4.57 Å². The van der Waals surface area contributed by atoms with E-state index in [1.54, 1.807) is 12.3 Å². The number of hydrogen-bond acceptors (Lipinski definition) is 2. The number of aldehydes is 1. The molecule has 0 aliphatic carbocycles. The van der Waals surface area contributed by atoms with Gasteiger partial charge in [0.25, 0.3) is 5.56 Å². The molecule has 0 aliphatic rings. The van der Waals surface area contributed by atoms with Crippen molar-refractivity contribution in [1.82, 2.24) is 4.57 Å². The number of aromatic nitrogens is 1. The SMILES string of the molecule is Cc1ccccc1-n1ccc(I)c(C=O)c1=O. The van der Waals surface area contributed by atoms with Gasteiger partial charge in [0.1, 0.15) is 0 Å². The topological polar surface area (TPSA) is 39.1 Å². The molecular formula is C13H10INO2. The third-order valence-electron chi connectivity index (χ3n) is 2.57. The van der Waals surface area contributed by atoms with Crippen molar-refractivity contribution in [3.8, 4) is 5.69 Å². The Morgan fingerprint density at radius 3 is 2.59 bits per heavy atom. The van der Waals surface area contributed by atoms with Crippen molar-refractivity contribution in [2.75, 3.05) is 0 Å². The number of nitrogens with zero attached hydrogens (tertiary/aromatic N) is 1. The Labute approximate surface area is 112 Å². The van der Waals surface area contributed by atoms with Crippen LogP contribution in [-0.2, 0) is 0 Å². The van der Waals surface area contributed by atoms with Crippen molar-refractivity contribution >= 4 is 28.9 Å². The third-order valence-corrected chi connectivity index (χ3v) is 3.51. The molecule has 2 rings (SSSR count). The highest BCUT2D eigenvalue weighted by Crippen LogP contribution is 2.13. The molecule has 86 valence electrons. The number of hydrogen-bond donors (Lipinski definition) is 0. The Morgan fingerprint density at radius 1 is 1.24 bits per heavy atom. The van der Waals surface area contributed by atoms with Crippen molar-refractivity contribution in [3.05, 3.63) is 61.6 Å². The van der Waals surface area contributed by atoms with Crippen LogP contribution >= 0.6 is 22.6 Å². The lowest BCUT2D eigenvalue weighted by Crippen LogP contribution is -2.23. The average Bonchev–Trinajstić information content (AvgIpc) is 2.31. The van der Waals surface area contributed by atoms with Crippen LogP contribution in [0.15, 0.2) is 41.3 Å². The summed E-state index contributed by atoms with van der Waals surface area (Å²) in [5.41, 5.74) is 1.72. The third kappa shape index (κ3) is 2.17. The Bertz CT molecular complexity index is 632. The first-order chi connectivity index (χ1) is 8.15. The van der Waals surface area contributed by atoms with E-state index in [9.17, 15) is 9.59 Å². The van der Waals surface area contributed by atoms with Gasteiger partial charge in [-0.05, 0) is 47.2 Å². The van der Waals surface area contributed by atoms with Crippen LogP contribution in [0.5, 0.6) is 0 Å². The van der Waals surface area contributed by atoms with Crippen molar-refractivity contribution in [1.29, 1.82) is 0 Å². The smallest absolute Gasteiger partial charge is 0.266 e. The van der Waals surface area contributed by atoms with Crippen molar-refractivity contribution in [2.24, 2.45) is 0 Å². The van der Waals surface area contributed by atoms with Crippen molar-refractivity contribution < 1.29 is 4.79 Å². The highest BCUT2D eigenvalue weighted by Gasteiger charge is 2.09. The predicted molar refractivity (Wildman–Crippen MR) is 74.9 cm³/mol. The average molecular weight is 339 g/mol. The summed E-state index contributed by atoms with van der Waals surface area (Å²) in [7, 11) is 0. The zero-order valence-corrected chi connectivity index (χ0v) is 11.3. The normalized spacial score (nSPS) is 10.2. The number of aryl methyl sites for hydroxylation is 1. The molecule has 0 aliphatic heterocycles. The second-order valence-electron chi connectivity index (χ2n) is 3.66. The molecule has 0 bridgehead atoms. The molecule has 0 spiro atoms. The quantitative estimate of drug-likeness (QED) is 0.623. The van der Waals surface area contributed by atoms with Gasteiger partial charge in [0.05, 0.1) is 11.3 Å². The molecule has 0 unspecified atom stereocenters. The summed E-state index contributed by atoms with van der Waals surface area (Å²) in [6.07, 6.45) is 2.30. The summed E-state index contributed by atoms with van der Waals surface area (Å²) >= 11 is 1.99. The molecule has 4 heteroatoms. The van der Waals surface area contributed by atoms with Gasteiger partial charge in [0.2, 0.25) is 0 Å². The van der Waals surface area contributed by atoms with Gasteiger partial charge in [-0.2, -0.15) is 0 Å². The molecule has 0 atom stereocenters. The molecule has 0 saturated heterocycles. The molecule has 0 fully saturated rings. The summed E-state index contributed by atoms with van der Waals surface area (Å²) in [4.78, 5) is 23.0. The van der Waals surface area contributed by atoms with E-state index in [0.717, 1.165) is 11.3 Å². The van der Waals surface area contributed by atoms with Crippen LogP contribution in [0.1, 0.15) is 15.9 Å². The summed E-state index contributed by atoms with van der Waals surface area (Å²) in [6.45, 7) is 1.93. The maximum absolute atomic E-state index is 12.1. The van der Waals surface area contributed by atoms with Crippen LogP contribution in [-0.4, -0.2) is 10.9 Å². The van der Waals surface area contributed by atoms with Crippen molar-refractivity contribution in [3.63, 3.8) is 0 Å². The van der Waals surface area contributed by atoms with E-state index < -0.39 is 0 Å². The van der Waals surface area contributed by atoms with Gasteiger partial charge in [-0.1, -0.05) is 18.2 Å². The maximum atomic E-state index is 12.1. The number of benzene rings is 1. The Morgan fingerprint density at radius 2 is 1.94 bits per heavy atom. The van der Waals surface area contributed by atoms with E-state index in [1.807, 2.05) is 53.8 Å². The zero-order chi connectivity index (χ0) is 12.4. The molecule has 3 nitrogen and oxygen atoms in total. The summed E-state index contributed by atoms with van der Waals surface area (Å²) < 4.78 is 2.17. The summed E-state index contributed by atoms with van der Waals surface area (Å²) in [6, 6.07) is 9.33. The Hall–Kier alpha value is -1.43. The van der Waals surface area contributed by atoms with Crippen LogP contribution in [0.2, 0.25) is 0 Å². The molecule has 0 N–H and O–H groups in total. The molecule has 17 heavy (non-hydrogen) atoms. The van der Waals surface area contributed by atoms with E-state index in [-0.39, 0.29) is 11.1 Å².